The van der Waals surface area contributed by atoms with Crippen LogP contribution in [0.1, 0.15) is 36.2 Å². The summed E-state index contributed by atoms with van der Waals surface area (Å²) >= 11 is 0. The van der Waals surface area contributed by atoms with Crippen molar-refractivity contribution in [2.45, 2.75) is 45.9 Å². The van der Waals surface area contributed by atoms with E-state index in [2.05, 4.69) is 15.2 Å². The average Bonchev–Trinajstić information content (AvgIpc) is 3.06. The SMILES string of the molecule is CCc1noc(NC(C)=O)c1-c1ccc(C)c(S(=O)(=O)Nc2cc(C)ccc2C)c1. The molecule has 0 aliphatic carbocycles. The molecule has 158 valence electrons. The third-order valence-electron chi connectivity index (χ3n) is 4.79. The molecule has 0 saturated carbocycles. The second-order valence-corrected chi connectivity index (χ2v) is 8.92. The van der Waals surface area contributed by atoms with Gasteiger partial charge in [0.15, 0.2) is 0 Å². The Morgan fingerprint density at radius 2 is 1.77 bits per heavy atom. The van der Waals surface area contributed by atoms with Gasteiger partial charge in [0.25, 0.3) is 10.0 Å². The number of aromatic nitrogens is 1. The molecular weight excluding hydrogens is 402 g/mol. The lowest BCUT2D eigenvalue weighted by atomic mass is 10.0. The van der Waals surface area contributed by atoms with E-state index in [-0.39, 0.29) is 16.7 Å². The summed E-state index contributed by atoms with van der Waals surface area (Å²) in [5, 5.41) is 6.63. The Labute approximate surface area is 176 Å². The molecule has 0 radical (unpaired) electrons. The van der Waals surface area contributed by atoms with E-state index < -0.39 is 10.0 Å². The van der Waals surface area contributed by atoms with Gasteiger partial charge < -0.3 is 4.52 Å². The molecule has 7 nitrogen and oxygen atoms in total. The molecule has 1 aromatic heterocycles. The number of rotatable bonds is 6. The van der Waals surface area contributed by atoms with E-state index in [9.17, 15) is 13.2 Å². The van der Waals surface area contributed by atoms with E-state index in [1.165, 1.54) is 6.92 Å². The third kappa shape index (κ3) is 4.38. The molecule has 2 aromatic carbocycles. The Morgan fingerprint density at radius 1 is 1.07 bits per heavy atom. The predicted octanol–water partition coefficient (Wildman–Crippen LogP) is 4.59. The number of sulfonamides is 1. The van der Waals surface area contributed by atoms with Gasteiger partial charge in [0.1, 0.15) is 0 Å². The maximum absolute atomic E-state index is 13.2. The van der Waals surface area contributed by atoms with Gasteiger partial charge in [0.05, 0.1) is 21.8 Å². The normalized spacial score (nSPS) is 11.4. The number of hydrogen-bond acceptors (Lipinski definition) is 5. The molecule has 0 unspecified atom stereocenters. The molecule has 8 heteroatoms. The molecule has 0 bridgehead atoms. The maximum atomic E-state index is 13.2. The highest BCUT2D eigenvalue weighted by molar-refractivity contribution is 7.92. The van der Waals surface area contributed by atoms with Crippen molar-refractivity contribution in [3.8, 4) is 11.1 Å². The van der Waals surface area contributed by atoms with E-state index in [1.807, 2.05) is 32.9 Å². The van der Waals surface area contributed by atoms with E-state index in [0.29, 0.717) is 34.5 Å². The van der Waals surface area contributed by atoms with E-state index in [0.717, 1.165) is 11.1 Å². The largest absolute Gasteiger partial charge is 0.337 e. The molecule has 1 heterocycles. The van der Waals surface area contributed by atoms with Crippen LogP contribution in [0.2, 0.25) is 0 Å². The highest BCUT2D eigenvalue weighted by atomic mass is 32.2. The molecule has 30 heavy (non-hydrogen) atoms. The molecule has 0 aliphatic rings. The molecule has 2 N–H and O–H groups in total. The molecule has 0 saturated heterocycles. The van der Waals surface area contributed by atoms with E-state index >= 15 is 0 Å². The van der Waals surface area contributed by atoms with Crippen molar-refractivity contribution in [2.24, 2.45) is 0 Å². The van der Waals surface area contributed by atoms with Crippen LogP contribution in [0.3, 0.4) is 0 Å². The lowest BCUT2D eigenvalue weighted by molar-refractivity contribution is -0.114. The first-order valence-corrected chi connectivity index (χ1v) is 11.1. The van der Waals surface area contributed by atoms with Gasteiger partial charge >= 0.3 is 0 Å². The van der Waals surface area contributed by atoms with Crippen LogP contribution >= 0.6 is 0 Å². The van der Waals surface area contributed by atoms with Crippen molar-refractivity contribution < 1.29 is 17.7 Å². The standard InChI is InChI=1S/C22H25N3O4S/c1-6-18-21(22(29-24-18)23-16(5)26)17-10-9-15(4)20(12-17)30(27,28)25-19-11-13(2)7-8-14(19)3/h7-12,25H,6H2,1-5H3,(H,23,26). The molecule has 0 atom stereocenters. The van der Waals surface area contributed by atoms with Gasteiger partial charge in [-0.05, 0) is 61.6 Å². The zero-order chi connectivity index (χ0) is 22.1. The second-order valence-electron chi connectivity index (χ2n) is 7.27. The van der Waals surface area contributed by atoms with Gasteiger partial charge in [-0.15, -0.1) is 0 Å². The van der Waals surface area contributed by atoms with Crippen LogP contribution < -0.4 is 10.0 Å². The Hall–Kier alpha value is -3.13. The van der Waals surface area contributed by atoms with Crippen LogP contribution in [-0.4, -0.2) is 19.5 Å². The van der Waals surface area contributed by atoms with Gasteiger partial charge in [0.2, 0.25) is 11.8 Å². The Kier molecular flexibility index (Phi) is 5.98. The van der Waals surface area contributed by atoms with Crippen LogP contribution in [0.15, 0.2) is 45.8 Å². The lowest BCUT2D eigenvalue weighted by Gasteiger charge is -2.14. The minimum Gasteiger partial charge on any atom is -0.337 e. The second kappa shape index (κ2) is 8.31. The monoisotopic (exact) mass is 427 g/mol. The fourth-order valence-corrected chi connectivity index (χ4v) is 4.59. The quantitative estimate of drug-likeness (QED) is 0.599. The molecule has 0 spiro atoms. The topological polar surface area (TPSA) is 101 Å². The summed E-state index contributed by atoms with van der Waals surface area (Å²) in [6, 6.07) is 10.7. The number of carbonyl (C=O) groups is 1. The van der Waals surface area contributed by atoms with Gasteiger partial charge in [-0.2, -0.15) is 0 Å². The highest BCUT2D eigenvalue weighted by Crippen LogP contribution is 2.35. The first-order valence-electron chi connectivity index (χ1n) is 9.59. The molecule has 0 fully saturated rings. The fraction of sp³-hybridized carbons (Fsp3) is 0.273. The van der Waals surface area contributed by atoms with Crippen molar-refractivity contribution in [1.82, 2.24) is 5.16 Å². The van der Waals surface area contributed by atoms with Crippen LogP contribution in [0.25, 0.3) is 11.1 Å². The fourth-order valence-electron chi connectivity index (χ4n) is 3.20. The van der Waals surface area contributed by atoms with Gasteiger partial charge in [0, 0.05) is 6.92 Å². The lowest BCUT2D eigenvalue weighted by Crippen LogP contribution is -2.15. The molecule has 1 amide bonds. The Bertz CT molecular complexity index is 1210. The van der Waals surface area contributed by atoms with Crippen molar-refractivity contribution >= 4 is 27.5 Å². The summed E-state index contributed by atoms with van der Waals surface area (Å²) in [5.74, 6) is -0.0966. The number of carbonyl (C=O) groups excluding carboxylic acids is 1. The average molecular weight is 428 g/mol. The molecule has 0 aliphatic heterocycles. The first-order chi connectivity index (χ1) is 14.1. The summed E-state index contributed by atoms with van der Waals surface area (Å²) < 4.78 is 34.4. The highest BCUT2D eigenvalue weighted by Gasteiger charge is 2.23. The Balaban J connectivity index is 2.09. The van der Waals surface area contributed by atoms with Crippen molar-refractivity contribution in [3.05, 3.63) is 58.8 Å². The number of hydrogen-bond donors (Lipinski definition) is 2. The van der Waals surface area contributed by atoms with Gasteiger partial charge in [-0.25, -0.2) is 8.42 Å². The Morgan fingerprint density at radius 3 is 2.43 bits per heavy atom. The number of amides is 1. The van der Waals surface area contributed by atoms with E-state index in [4.69, 9.17) is 4.52 Å². The van der Waals surface area contributed by atoms with Crippen LogP contribution in [0.4, 0.5) is 11.6 Å². The van der Waals surface area contributed by atoms with Gasteiger partial charge in [-0.1, -0.05) is 36.3 Å². The first kappa shape index (κ1) is 21.6. The number of nitrogens with one attached hydrogen (secondary N) is 2. The van der Waals surface area contributed by atoms with Crippen LogP contribution in [-0.2, 0) is 21.2 Å². The maximum Gasteiger partial charge on any atom is 0.262 e. The molecule has 3 aromatic rings. The van der Waals surface area contributed by atoms with E-state index in [1.54, 1.807) is 31.2 Å². The van der Waals surface area contributed by atoms with Crippen molar-refractivity contribution in [3.63, 3.8) is 0 Å². The summed E-state index contributed by atoms with van der Waals surface area (Å²) in [5.41, 5.74) is 4.75. The van der Waals surface area contributed by atoms with Gasteiger partial charge in [-0.3, -0.25) is 14.8 Å². The predicted molar refractivity (Wildman–Crippen MR) is 117 cm³/mol. The van der Waals surface area contributed by atoms with Crippen molar-refractivity contribution in [2.75, 3.05) is 10.0 Å². The zero-order valence-electron chi connectivity index (χ0n) is 17.7. The number of benzene rings is 2. The number of aryl methyl sites for hydroxylation is 4. The minimum atomic E-state index is -3.84. The molecular formula is C22H25N3O4S. The summed E-state index contributed by atoms with van der Waals surface area (Å²) in [6.07, 6.45) is 0.565. The summed E-state index contributed by atoms with van der Waals surface area (Å²) in [7, 11) is -3.84. The number of nitrogens with zero attached hydrogens (tertiary/aromatic N) is 1. The number of anilines is 2. The summed E-state index contributed by atoms with van der Waals surface area (Å²) in [6.45, 7) is 8.78. The zero-order valence-corrected chi connectivity index (χ0v) is 18.5. The van der Waals surface area contributed by atoms with Crippen molar-refractivity contribution in [1.29, 1.82) is 0 Å². The summed E-state index contributed by atoms with van der Waals surface area (Å²) in [4.78, 5) is 11.7. The minimum absolute atomic E-state index is 0.151. The van der Waals surface area contributed by atoms with Crippen LogP contribution in [0.5, 0.6) is 0 Å². The third-order valence-corrected chi connectivity index (χ3v) is 6.30. The van der Waals surface area contributed by atoms with Crippen LogP contribution in [0, 0.1) is 20.8 Å². The molecule has 3 rings (SSSR count). The smallest absolute Gasteiger partial charge is 0.262 e.